The summed E-state index contributed by atoms with van der Waals surface area (Å²) in [7, 11) is 2.05. The van der Waals surface area contributed by atoms with Gasteiger partial charge < -0.3 is 4.74 Å². The third-order valence-electron chi connectivity index (χ3n) is 3.35. The SMILES string of the molecule is Cc1cc([N+](=O)[O-])ccc1OC1CN(C)[C@H]1C. The Morgan fingerprint density at radius 2 is 2.24 bits per heavy atom. The molecule has 0 aliphatic carbocycles. The van der Waals surface area contributed by atoms with Crippen molar-refractivity contribution < 1.29 is 9.66 Å². The maximum Gasteiger partial charge on any atom is 0.269 e. The predicted octanol–water partition coefficient (Wildman–Crippen LogP) is 1.98. The number of nitro groups is 1. The fourth-order valence-corrected chi connectivity index (χ4v) is 1.93. The van der Waals surface area contributed by atoms with Crippen LogP contribution in [0, 0.1) is 17.0 Å². The minimum Gasteiger partial charge on any atom is -0.487 e. The highest BCUT2D eigenvalue weighted by molar-refractivity contribution is 5.43. The van der Waals surface area contributed by atoms with Crippen LogP contribution in [0.5, 0.6) is 5.75 Å². The van der Waals surface area contributed by atoms with Gasteiger partial charge in [-0.2, -0.15) is 0 Å². The van der Waals surface area contributed by atoms with E-state index in [2.05, 4.69) is 11.8 Å². The molecule has 0 radical (unpaired) electrons. The Morgan fingerprint density at radius 3 is 2.71 bits per heavy atom. The van der Waals surface area contributed by atoms with Crippen molar-refractivity contribution >= 4 is 5.69 Å². The molecule has 1 aliphatic rings. The first-order valence-corrected chi connectivity index (χ1v) is 5.61. The van der Waals surface area contributed by atoms with E-state index in [1.54, 1.807) is 12.1 Å². The second-order valence-corrected chi connectivity index (χ2v) is 4.54. The van der Waals surface area contributed by atoms with Crippen molar-refractivity contribution in [2.24, 2.45) is 0 Å². The van der Waals surface area contributed by atoms with E-state index in [-0.39, 0.29) is 11.8 Å². The maximum absolute atomic E-state index is 10.6. The molecule has 5 nitrogen and oxygen atoms in total. The van der Waals surface area contributed by atoms with Gasteiger partial charge in [0.2, 0.25) is 0 Å². The number of rotatable bonds is 3. The average Bonchev–Trinajstić information content (AvgIpc) is 2.30. The van der Waals surface area contributed by atoms with E-state index in [4.69, 9.17) is 4.74 Å². The third-order valence-corrected chi connectivity index (χ3v) is 3.35. The molecule has 1 aromatic carbocycles. The second-order valence-electron chi connectivity index (χ2n) is 4.54. The van der Waals surface area contributed by atoms with Crippen molar-refractivity contribution in [3.63, 3.8) is 0 Å². The fourth-order valence-electron chi connectivity index (χ4n) is 1.93. The highest BCUT2D eigenvalue weighted by Crippen LogP contribution is 2.27. The van der Waals surface area contributed by atoms with Crippen molar-refractivity contribution in [3.8, 4) is 5.75 Å². The lowest BCUT2D eigenvalue weighted by atomic mass is 10.0. The standard InChI is InChI=1S/C12H16N2O3/c1-8-6-10(14(15)16)4-5-11(8)17-12-7-13(3)9(12)2/h4-6,9,12H,7H2,1-3H3/t9-,12?/m0/s1. The van der Waals surface area contributed by atoms with Crippen molar-refractivity contribution in [1.29, 1.82) is 0 Å². The molecule has 0 N–H and O–H groups in total. The van der Waals surface area contributed by atoms with E-state index >= 15 is 0 Å². The van der Waals surface area contributed by atoms with Gasteiger partial charge in [-0.15, -0.1) is 0 Å². The van der Waals surface area contributed by atoms with E-state index < -0.39 is 4.92 Å². The van der Waals surface area contributed by atoms with Crippen LogP contribution in [0.3, 0.4) is 0 Å². The number of hydrogen-bond donors (Lipinski definition) is 0. The van der Waals surface area contributed by atoms with Crippen LogP contribution in [0.2, 0.25) is 0 Å². The maximum atomic E-state index is 10.6. The first-order valence-electron chi connectivity index (χ1n) is 5.61. The number of ether oxygens (including phenoxy) is 1. The van der Waals surface area contributed by atoms with Gasteiger partial charge in [-0.3, -0.25) is 15.0 Å². The molecule has 2 atom stereocenters. The van der Waals surface area contributed by atoms with Gasteiger partial charge in [0.25, 0.3) is 5.69 Å². The Morgan fingerprint density at radius 1 is 1.53 bits per heavy atom. The topological polar surface area (TPSA) is 55.6 Å². The van der Waals surface area contributed by atoms with Gasteiger partial charge >= 0.3 is 0 Å². The summed E-state index contributed by atoms with van der Waals surface area (Å²) >= 11 is 0. The molecule has 0 bridgehead atoms. The average molecular weight is 236 g/mol. The molecule has 2 rings (SSSR count). The highest BCUT2D eigenvalue weighted by Gasteiger charge is 2.34. The van der Waals surface area contributed by atoms with Gasteiger partial charge in [-0.25, -0.2) is 0 Å². The molecule has 17 heavy (non-hydrogen) atoms. The molecule has 0 aromatic heterocycles. The van der Waals surface area contributed by atoms with Crippen LogP contribution in [0.25, 0.3) is 0 Å². The van der Waals surface area contributed by atoms with Gasteiger partial charge in [-0.1, -0.05) is 0 Å². The Labute approximate surface area is 100 Å². The van der Waals surface area contributed by atoms with Crippen LogP contribution >= 0.6 is 0 Å². The summed E-state index contributed by atoms with van der Waals surface area (Å²) in [6.45, 7) is 4.84. The molecule has 5 heteroatoms. The normalized spacial score (nSPS) is 24.2. The molecule has 1 aliphatic heterocycles. The van der Waals surface area contributed by atoms with Crippen molar-refractivity contribution in [2.75, 3.05) is 13.6 Å². The molecule has 1 fully saturated rings. The summed E-state index contributed by atoms with van der Waals surface area (Å²) in [5.41, 5.74) is 0.912. The summed E-state index contributed by atoms with van der Waals surface area (Å²) in [6.07, 6.45) is 0.181. The second kappa shape index (κ2) is 4.33. The molecule has 1 saturated heterocycles. The number of non-ortho nitro benzene ring substituents is 1. The molecule has 1 unspecified atom stereocenters. The van der Waals surface area contributed by atoms with E-state index in [1.807, 2.05) is 14.0 Å². The van der Waals surface area contributed by atoms with Gasteiger partial charge in [0.1, 0.15) is 11.9 Å². The van der Waals surface area contributed by atoms with Crippen LogP contribution in [-0.4, -0.2) is 35.6 Å². The quantitative estimate of drug-likeness (QED) is 0.595. The largest absolute Gasteiger partial charge is 0.487 e. The molecule has 0 spiro atoms. The predicted molar refractivity (Wildman–Crippen MR) is 64.3 cm³/mol. The molecule has 1 heterocycles. The molecule has 0 saturated carbocycles. The lowest BCUT2D eigenvalue weighted by molar-refractivity contribution is -0.384. The summed E-state index contributed by atoms with van der Waals surface area (Å²) < 4.78 is 5.83. The lowest BCUT2D eigenvalue weighted by Crippen LogP contribution is -2.58. The molecule has 1 aromatic rings. The molecular weight excluding hydrogens is 220 g/mol. The van der Waals surface area contributed by atoms with Crippen molar-refractivity contribution in [1.82, 2.24) is 4.90 Å². The Bertz CT molecular complexity index is 447. The number of nitro benzene ring substituents is 1. The monoisotopic (exact) mass is 236 g/mol. The van der Waals surface area contributed by atoms with E-state index in [0.29, 0.717) is 6.04 Å². The first kappa shape index (κ1) is 11.9. The minimum absolute atomic E-state index is 0.105. The van der Waals surface area contributed by atoms with E-state index in [9.17, 15) is 10.1 Å². The molecule has 0 amide bonds. The smallest absolute Gasteiger partial charge is 0.269 e. The molecule has 92 valence electrons. The zero-order valence-corrected chi connectivity index (χ0v) is 10.2. The zero-order valence-electron chi connectivity index (χ0n) is 10.2. The first-order chi connectivity index (χ1) is 7.99. The Balaban J connectivity index is 2.10. The van der Waals surface area contributed by atoms with E-state index in [1.165, 1.54) is 6.07 Å². The van der Waals surface area contributed by atoms with Gasteiger partial charge in [0.15, 0.2) is 0 Å². The van der Waals surface area contributed by atoms with Crippen LogP contribution < -0.4 is 4.74 Å². The lowest BCUT2D eigenvalue weighted by Gasteiger charge is -2.43. The summed E-state index contributed by atoms with van der Waals surface area (Å²) in [5, 5.41) is 10.6. The minimum atomic E-state index is -0.392. The van der Waals surface area contributed by atoms with Gasteiger partial charge in [0, 0.05) is 24.7 Å². The van der Waals surface area contributed by atoms with Crippen LogP contribution in [0.1, 0.15) is 12.5 Å². The number of nitrogens with zero attached hydrogens (tertiary/aromatic N) is 2. The molecular formula is C12H16N2O3. The number of benzene rings is 1. The summed E-state index contributed by atoms with van der Waals surface area (Å²) in [5.74, 6) is 0.737. The number of aryl methyl sites for hydroxylation is 1. The Hall–Kier alpha value is -1.62. The number of hydrogen-bond acceptors (Lipinski definition) is 4. The highest BCUT2D eigenvalue weighted by atomic mass is 16.6. The van der Waals surface area contributed by atoms with Crippen LogP contribution in [-0.2, 0) is 0 Å². The van der Waals surface area contributed by atoms with Crippen molar-refractivity contribution in [3.05, 3.63) is 33.9 Å². The van der Waals surface area contributed by atoms with Crippen molar-refractivity contribution in [2.45, 2.75) is 26.0 Å². The van der Waals surface area contributed by atoms with Gasteiger partial charge in [-0.05, 0) is 32.5 Å². The zero-order chi connectivity index (χ0) is 12.6. The number of likely N-dealkylation sites (tertiary alicyclic amines) is 1. The third kappa shape index (κ3) is 2.24. The van der Waals surface area contributed by atoms with E-state index in [0.717, 1.165) is 17.9 Å². The van der Waals surface area contributed by atoms with Crippen LogP contribution in [0.4, 0.5) is 5.69 Å². The van der Waals surface area contributed by atoms with Crippen LogP contribution in [0.15, 0.2) is 18.2 Å². The Kier molecular flexibility index (Phi) is 3.02. The number of likely N-dealkylation sites (N-methyl/N-ethyl adjacent to an activating group) is 1. The summed E-state index contributed by atoms with van der Waals surface area (Å²) in [6, 6.07) is 5.10. The summed E-state index contributed by atoms with van der Waals surface area (Å²) in [4.78, 5) is 12.4. The fraction of sp³-hybridized carbons (Fsp3) is 0.500. The van der Waals surface area contributed by atoms with Gasteiger partial charge in [0.05, 0.1) is 4.92 Å².